The summed E-state index contributed by atoms with van der Waals surface area (Å²) >= 11 is 12.1. The van der Waals surface area contributed by atoms with Gasteiger partial charge in [-0.15, -0.1) is 0 Å². The number of halogens is 2. The zero-order valence-corrected chi connectivity index (χ0v) is 18.3. The van der Waals surface area contributed by atoms with Gasteiger partial charge in [0.2, 0.25) is 0 Å². The van der Waals surface area contributed by atoms with Crippen LogP contribution in [0.4, 0.5) is 16.2 Å². The molecular weight excluding hydrogens is 435 g/mol. The van der Waals surface area contributed by atoms with E-state index in [1.807, 2.05) is 6.07 Å². The third-order valence-electron chi connectivity index (χ3n) is 5.56. The number of rotatable bonds is 3. The van der Waals surface area contributed by atoms with Crippen molar-refractivity contribution >= 4 is 40.6 Å². The first-order chi connectivity index (χ1) is 14.7. The van der Waals surface area contributed by atoms with Crippen LogP contribution in [0, 0.1) is 11.3 Å². The lowest BCUT2D eigenvalue weighted by molar-refractivity contribution is -0.00279. The fourth-order valence-corrected chi connectivity index (χ4v) is 4.24. The number of carbonyl (C=O) groups is 1. The average Bonchev–Trinajstić information content (AvgIpc) is 2.92. The Bertz CT molecular complexity index is 1190. The van der Waals surface area contributed by atoms with E-state index in [1.165, 1.54) is 28.3 Å². The molecule has 6 nitrogen and oxygen atoms in total. The van der Waals surface area contributed by atoms with Crippen molar-refractivity contribution in [1.29, 1.82) is 5.26 Å². The molecule has 0 radical (unpaired) electrons. The Kier molecular flexibility index (Phi) is 5.14. The van der Waals surface area contributed by atoms with E-state index in [0.29, 0.717) is 27.0 Å². The molecule has 8 heteroatoms. The van der Waals surface area contributed by atoms with Gasteiger partial charge in [0.25, 0.3) is 0 Å². The van der Waals surface area contributed by atoms with Crippen LogP contribution in [-0.4, -0.2) is 21.7 Å². The summed E-state index contributed by atoms with van der Waals surface area (Å²) in [4.78, 5) is 20.7. The van der Waals surface area contributed by atoms with Crippen LogP contribution in [0.5, 0.6) is 0 Å². The maximum atomic E-state index is 13.8. The van der Waals surface area contributed by atoms with Gasteiger partial charge in [-0.05, 0) is 68.4 Å². The van der Waals surface area contributed by atoms with Crippen molar-refractivity contribution in [2.24, 2.45) is 0 Å². The van der Waals surface area contributed by atoms with Crippen LogP contribution in [0.1, 0.15) is 25.0 Å². The number of benzene rings is 2. The van der Waals surface area contributed by atoms with Crippen LogP contribution in [-0.2, 0) is 5.72 Å². The minimum absolute atomic E-state index is 0.273. The summed E-state index contributed by atoms with van der Waals surface area (Å²) < 4.78 is 0. The predicted molar refractivity (Wildman–Crippen MR) is 120 cm³/mol. The van der Waals surface area contributed by atoms with Crippen molar-refractivity contribution in [3.05, 3.63) is 88.2 Å². The number of pyridine rings is 1. The van der Waals surface area contributed by atoms with Gasteiger partial charge in [0, 0.05) is 39.4 Å². The highest BCUT2D eigenvalue weighted by Gasteiger charge is 2.64. The maximum Gasteiger partial charge on any atom is 0.332 e. The largest absolute Gasteiger partial charge is 0.364 e. The lowest BCUT2D eigenvalue weighted by Crippen LogP contribution is -2.56. The Morgan fingerprint density at radius 1 is 0.935 bits per heavy atom. The number of nitriles is 1. The van der Waals surface area contributed by atoms with E-state index in [-0.39, 0.29) is 5.56 Å². The molecule has 1 aliphatic heterocycles. The van der Waals surface area contributed by atoms with Gasteiger partial charge < -0.3 is 5.11 Å². The van der Waals surface area contributed by atoms with Gasteiger partial charge in [-0.1, -0.05) is 23.2 Å². The minimum Gasteiger partial charge on any atom is -0.364 e. The molecule has 1 fully saturated rings. The Morgan fingerprint density at radius 2 is 1.45 bits per heavy atom. The first-order valence-corrected chi connectivity index (χ1v) is 10.2. The van der Waals surface area contributed by atoms with E-state index in [2.05, 4.69) is 4.98 Å². The van der Waals surface area contributed by atoms with E-state index in [0.717, 1.165) is 0 Å². The Hall–Kier alpha value is -3.11. The highest BCUT2D eigenvalue weighted by atomic mass is 35.5. The van der Waals surface area contributed by atoms with Gasteiger partial charge in [-0.2, -0.15) is 5.26 Å². The number of nitrogens with zero attached hydrogens (tertiary/aromatic N) is 4. The Morgan fingerprint density at radius 3 is 1.97 bits per heavy atom. The number of amides is 2. The monoisotopic (exact) mass is 452 g/mol. The van der Waals surface area contributed by atoms with Crippen molar-refractivity contribution in [2.45, 2.75) is 25.1 Å². The first kappa shape index (κ1) is 21.1. The Balaban J connectivity index is 1.98. The van der Waals surface area contributed by atoms with Crippen LogP contribution < -0.4 is 9.80 Å². The fourth-order valence-electron chi connectivity index (χ4n) is 3.99. The molecule has 1 N–H and O–H groups in total. The third-order valence-corrected chi connectivity index (χ3v) is 6.06. The van der Waals surface area contributed by atoms with Crippen molar-refractivity contribution in [3.63, 3.8) is 0 Å². The molecule has 0 saturated carbocycles. The van der Waals surface area contributed by atoms with Crippen LogP contribution >= 0.6 is 23.2 Å². The first-order valence-electron chi connectivity index (χ1n) is 9.43. The lowest BCUT2D eigenvalue weighted by atomic mass is 9.83. The van der Waals surface area contributed by atoms with Crippen LogP contribution in [0.25, 0.3) is 0 Å². The summed E-state index contributed by atoms with van der Waals surface area (Å²) in [5.41, 5.74) is -1.40. The number of aromatic nitrogens is 1. The molecule has 31 heavy (non-hydrogen) atoms. The van der Waals surface area contributed by atoms with Crippen LogP contribution in [0.3, 0.4) is 0 Å². The van der Waals surface area contributed by atoms with Gasteiger partial charge in [0.1, 0.15) is 6.07 Å². The average molecular weight is 453 g/mol. The van der Waals surface area contributed by atoms with Crippen molar-refractivity contribution in [3.8, 4) is 6.07 Å². The minimum atomic E-state index is -1.85. The molecule has 1 atom stereocenters. The molecule has 1 aliphatic rings. The molecule has 1 aromatic heterocycles. The predicted octanol–water partition coefficient (Wildman–Crippen LogP) is 5.33. The number of aliphatic hydroxyl groups is 1. The summed E-state index contributed by atoms with van der Waals surface area (Å²) in [6.07, 6.45) is 2.87. The van der Waals surface area contributed by atoms with E-state index in [1.54, 1.807) is 62.4 Å². The van der Waals surface area contributed by atoms with E-state index < -0.39 is 17.3 Å². The topological polar surface area (TPSA) is 80.5 Å². The van der Waals surface area contributed by atoms with Gasteiger partial charge in [-0.3, -0.25) is 14.8 Å². The number of hydrogen-bond acceptors (Lipinski definition) is 4. The quantitative estimate of drug-likeness (QED) is 0.581. The summed E-state index contributed by atoms with van der Waals surface area (Å²) in [5, 5.41) is 22.6. The van der Waals surface area contributed by atoms with Gasteiger partial charge >= 0.3 is 6.03 Å². The lowest BCUT2D eigenvalue weighted by Gasteiger charge is -2.42. The summed E-state index contributed by atoms with van der Waals surface area (Å²) in [5.74, 6) is 0. The molecule has 2 heterocycles. The molecule has 4 rings (SSSR count). The van der Waals surface area contributed by atoms with Gasteiger partial charge in [0.05, 0.1) is 11.1 Å². The standard InChI is InChI=1S/C23H18Cl2N4O2/c1-22(2)23(31,16-11-15(12-26)13-27-14-16)29(20-9-5-18(25)6-10-20)21(30)28(22)19-7-3-17(24)4-8-19/h3-11,13-14,31H,1-2H3. The molecule has 2 aromatic carbocycles. The van der Waals surface area contributed by atoms with E-state index in [4.69, 9.17) is 23.2 Å². The fraction of sp³-hybridized carbons (Fsp3) is 0.174. The third kappa shape index (κ3) is 3.22. The van der Waals surface area contributed by atoms with Crippen LogP contribution in [0.15, 0.2) is 67.0 Å². The van der Waals surface area contributed by atoms with Gasteiger partial charge in [-0.25, -0.2) is 4.79 Å². The smallest absolute Gasteiger partial charge is 0.332 e. The van der Waals surface area contributed by atoms with Gasteiger partial charge in [0.15, 0.2) is 5.72 Å². The number of anilines is 2. The molecule has 0 spiro atoms. The molecule has 0 aliphatic carbocycles. The molecule has 0 bridgehead atoms. The number of urea groups is 1. The maximum absolute atomic E-state index is 13.8. The van der Waals surface area contributed by atoms with Crippen molar-refractivity contribution in [2.75, 3.05) is 9.80 Å². The van der Waals surface area contributed by atoms with Crippen molar-refractivity contribution in [1.82, 2.24) is 4.98 Å². The van der Waals surface area contributed by atoms with Crippen molar-refractivity contribution < 1.29 is 9.90 Å². The second-order valence-corrected chi connectivity index (χ2v) is 8.58. The number of carbonyl (C=O) groups excluding carboxylic acids is 1. The zero-order valence-electron chi connectivity index (χ0n) is 16.8. The summed E-state index contributed by atoms with van der Waals surface area (Å²) in [6.45, 7) is 3.52. The SMILES string of the molecule is CC1(C)N(c2ccc(Cl)cc2)C(=O)N(c2ccc(Cl)cc2)C1(O)c1cncc(C#N)c1. The molecule has 156 valence electrons. The zero-order chi connectivity index (χ0) is 22.4. The van der Waals surface area contributed by atoms with Crippen LogP contribution in [0.2, 0.25) is 10.0 Å². The Labute approximate surface area is 189 Å². The molecular formula is C23H18Cl2N4O2. The highest BCUT2D eigenvalue weighted by Crippen LogP contribution is 2.50. The second kappa shape index (κ2) is 7.54. The second-order valence-electron chi connectivity index (χ2n) is 7.71. The normalized spacial score (nSPS) is 20.1. The summed E-state index contributed by atoms with van der Waals surface area (Å²) in [6, 6.07) is 16.5. The molecule has 1 unspecified atom stereocenters. The molecule has 2 amide bonds. The number of hydrogen-bond donors (Lipinski definition) is 1. The summed E-state index contributed by atoms with van der Waals surface area (Å²) in [7, 11) is 0. The molecule has 1 saturated heterocycles. The van der Waals surface area contributed by atoms with E-state index >= 15 is 0 Å². The van der Waals surface area contributed by atoms with E-state index in [9.17, 15) is 15.2 Å². The highest BCUT2D eigenvalue weighted by molar-refractivity contribution is 6.31. The molecule has 3 aromatic rings.